The molecular formula is C11H21N3O3. The zero-order valence-electron chi connectivity index (χ0n) is 10.0. The van der Waals surface area contributed by atoms with Crippen molar-refractivity contribution in [1.82, 2.24) is 10.6 Å². The number of nitrogens with one attached hydrogen (secondary N) is 2. The van der Waals surface area contributed by atoms with Crippen LogP contribution in [0.2, 0.25) is 0 Å². The summed E-state index contributed by atoms with van der Waals surface area (Å²) in [5.74, 6) is -0.503. The van der Waals surface area contributed by atoms with Gasteiger partial charge in [0.15, 0.2) is 0 Å². The number of rotatable bonds is 7. The zero-order valence-corrected chi connectivity index (χ0v) is 10.0. The van der Waals surface area contributed by atoms with Crippen LogP contribution in [0.5, 0.6) is 0 Å². The van der Waals surface area contributed by atoms with Crippen LogP contribution in [0.4, 0.5) is 0 Å². The second-order valence-electron chi connectivity index (χ2n) is 4.14. The van der Waals surface area contributed by atoms with E-state index in [4.69, 9.17) is 10.5 Å². The molecule has 0 spiro atoms. The molecule has 0 saturated carbocycles. The molecule has 0 aromatic rings. The van der Waals surface area contributed by atoms with Crippen molar-refractivity contribution in [2.24, 2.45) is 5.73 Å². The van der Waals surface area contributed by atoms with Crippen molar-refractivity contribution >= 4 is 11.8 Å². The quantitative estimate of drug-likeness (QED) is 0.542. The van der Waals surface area contributed by atoms with E-state index >= 15 is 0 Å². The molecule has 0 aliphatic carbocycles. The molecular weight excluding hydrogens is 222 g/mol. The third kappa shape index (κ3) is 6.91. The molecule has 0 unspecified atom stereocenters. The monoisotopic (exact) mass is 243 g/mol. The van der Waals surface area contributed by atoms with Crippen molar-refractivity contribution in [2.45, 2.75) is 31.8 Å². The molecule has 4 N–H and O–H groups in total. The second-order valence-corrected chi connectivity index (χ2v) is 4.14. The first-order valence-corrected chi connectivity index (χ1v) is 6.06. The molecule has 98 valence electrons. The summed E-state index contributed by atoms with van der Waals surface area (Å²) in [5, 5.41) is 5.87. The minimum absolute atomic E-state index is 0.0971. The molecule has 17 heavy (non-hydrogen) atoms. The molecule has 1 rings (SSSR count). The van der Waals surface area contributed by atoms with Crippen molar-refractivity contribution in [3.8, 4) is 0 Å². The Balaban J connectivity index is 1.97. The predicted molar refractivity (Wildman–Crippen MR) is 63.3 cm³/mol. The largest absolute Gasteiger partial charge is 0.378 e. The van der Waals surface area contributed by atoms with E-state index in [0.717, 1.165) is 25.9 Å². The van der Waals surface area contributed by atoms with Gasteiger partial charge in [0.25, 0.3) is 0 Å². The minimum atomic E-state index is -0.406. The molecule has 6 heteroatoms. The topological polar surface area (TPSA) is 93.5 Å². The van der Waals surface area contributed by atoms with Crippen LogP contribution in [-0.4, -0.2) is 44.2 Å². The lowest BCUT2D eigenvalue weighted by atomic mass is 10.1. The van der Waals surface area contributed by atoms with Crippen molar-refractivity contribution in [2.75, 3.05) is 26.2 Å². The van der Waals surface area contributed by atoms with Gasteiger partial charge in [-0.2, -0.15) is 0 Å². The minimum Gasteiger partial charge on any atom is -0.378 e. The Morgan fingerprint density at radius 1 is 1.29 bits per heavy atom. The molecule has 1 aliphatic heterocycles. The van der Waals surface area contributed by atoms with E-state index in [1.165, 1.54) is 0 Å². The molecule has 1 aliphatic rings. The van der Waals surface area contributed by atoms with Crippen LogP contribution in [0.15, 0.2) is 0 Å². The molecule has 0 aromatic carbocycles. The van der Waals surface area contributed by atoms with Crippen LogP contribution in [0.3, 0.4) is 0 Å². The van der Waals surface area contributed by atoms with Gasteiger partial charge < -0.3 is 21.1 Å². The lowest BCUT2D eigenvalue weighted by Crippen LogP contribution is -2.33. The van der Waals surface area contributed by atoms with Gasteiger partial charge in [-0.15, -0.1) is 0 Å². The molecule has 1 heterocycles. The van der Waals surface area contributed by atoms with E-state index in [0.29, 0.717) is 19.6 Å². The maximum absolute atomic E-state index is 11.3. The lowest BCUT2D eigenvalue weighted by molar-refractivity contribution is -0.123. The average molecular weight is 243 g/mol. The van der Waals surface area contributed by atoms with Crippen molar-refractivity contribution in [3.05, 3.63) is 0 Å². The van der Waals surface area contributed by atoms with E-state index in [-0.39, 0.29) is 18.4 Å². The van der Waals surface area contributed by atoms with E-state index in [1.807, 2.05) is 0 Å². The molecule has 0 aromatic heterocycles. The first kappa shape index (κ1) is 13.9. The van der Waals surface area contributed by atoms with Crippen LogP contribution in [0.25, 0.3) is 0 Å². The maximum atomic E-state index is 11.3. The van der Waals surface area contributed by atoms with Gasteiger partial charge in [0.05, 0.1) is 12.7 Å². The summed E-state index contributed by atoms with van der Waals surface area (Å²) in [4.78, 5) is 21.8. The fraction of sp³-hybridized carbons (Fsp3) is 0.818. The van der Waals surface area contributed by atoms with Crippen molar-refractivity contribution in [3.63, 3.8) is 0 Å². The van der Waals surface area contributed by atoms with Crippen LogP contribution in [0, 0.1) is 0 Å². The number of carbonyl (C=O) groups is 2. The van der Waals surface area contributed by atoms with Crippen molar-refractivity contribution < 1.29 is 14.3 Å². The van der Waals surface area contributed by atoms with E-state index in [2.05, 4.69) is 10.6 Å². The van der Waals surface area contributed by atoms with Gasteiger partial charge in [0.1, 0.15) is 0 Å². The number of ether oxygens (including phenoxy) is 1. The van der Waals surface area contributed by atoms with Gasteiger partial charge >= 0.3 is 0 Å². The lowest BCUT2D eigenvalue weighted by Gasteiger charge is -2.22. The fourth-order valence-corrected chi connectivity index (χ4v) is 1.69. The van der Waals surface area contributed by atoms with Crippen LogP contribution < -0.4 is 16.4 Å². The molecule has 1 fully saturated rings. The highest BCUT2D eigenvalue weighted by molar-refractivity contribution is 5.78. The number of piperidine rings is 1. The molecule has 0 atom stereocenters. The second kappa shape index (κ2) is 8.03. The first-order chi connectivity index (χ1) is 8.18. The third-order valence-corrected chi connectivity index (χ3v) is 2.66. The summed E-state index contributed by atoms with van der Waals surface area (Å²) in [7, 11) is 0. The molecule has 6 nitrogen and oxygen atoms in total. The SMILES string of the molecule is NC(=O)CCNC(=O)CCOC1CCNCC1. The smallest absolute Gasteiger partial charge is 0.222 e. The van der Waals surface area contributed by atoms with Gasteiger partial charge in [-0.1, -0.05) is 0 Å². The summed E-state index contributed by atoms with van der Waals surface area (Å²) in [5.41, 5.74) is 4.96. The standard InChI is InChI=1S/C11H21N3O3/c12-10(15)3-7-14-11(16)4-8-17-9-1-5-13-6-2-9/h9,13H,1-8H2,(H2,12,15)(H,14,16). The summed E-state index contributed by atoms with van der Waals surface area (Å²) in [6.45, 7) is 2.71. The number of hydrogen-bond acceptors (Lipinski definition) is 4. The Kier molecular flexibility index (Phi) is 6.57. The Labute approximate surface area is 101 Å². The highest BCUT2D eigenvalue weighted by atomic mass is 16.5. The molecule has 0 bridgehead atoms. The Morgan fingerprint density at radius 2 is 2.00 bits per heavy atom. The van der Waals surface area contributed by atoms with Crippen LogP contribution in [-0.2, 0) is 14.3 Å². The maximum Gasteiger partial charge on any atom is 0.222 e. The Hall–Kier alpha value is -1.14. The molecule has 0 radical (unpaired) electrons. The predicted octanol–water partition coefficient (Wildman–Crippen LogP) is -0.863. The number of primary amides is 1. The Bertz CT molecular complexity index is 252. The van der Waals surface area contributed by atoms with Gasteiger partial charge in [0, 0.05) is 19.4 Å². The van der Waals surface area contributed by atoms with E-state index in [9.17, 15) is 9.59 Å². The summed E-state index contributed by atoms with van der Waals surface area (Å²) in [6, 6.07) is 0. The van der Waals surface area contributed by atoms with Gasteiger partial charge in [-0.25, -0.2) is 0 Å². The summed E-state index contributed by atoms with van der Waals surface area (Å²) < 4.78 is 5.59. The van der Waals surface area contributed by atoms with Crippen LogP contribution in [0.1, 0.15) is 25.7 Å². The molecule has 2 amide bonds. The van der Waals surface area contributed by atoms with E-state index in [1.54, 1.807) is 0 Å². The number of amides is 2. The third-order valence-electron chi connectivity index (χ3n) is 2.66. The highest BCUT2D eigenvalue weighted by Gasteiger charge is 2.13. The van der Waals surface area contributed by atoms with Crippen molar-refractivity contribution in [1.29, 1.82) is 0 Å². The van der Waals surface area contributed by atoms with Crippen LogP contribution >= 0.6 is 0 Å². The highest BCUT2D eigenvalue weighted by Crippen LogP contribution is 2.07. The fourth-order valence-electron chi connectivity index (χ4n) is 1.69. The first-order valence-electron chi connectivity index (χ1n) is 6.06. The summed E-state index contributed by atoms with van der Waals surface area (Å²) in [6.07, 6.45) is 2.80. The average Bonchev–Trinajstić information content (AvgIpc) is 2.30. The zero-order chi connectivity index (χ0) is 12.5. The van der Waals surface area contributed by atoms with Gasteiger partial charge in [-0.3, -0.25) is 9.59 Å². The number of carbonyl (C=O) groups excluding carboxylic acids is 2. The number of hydrogen-bond donors (Lipinski definition) is 3. The van der Waals surface area contributed by atoms with E-state index < -0.39 is 5.91 Å². The number of nitrogens with two attached hydrogens (primary N) is 1. The van der Waals surface area contributed by atoms with Gasteiger partial charge in [0.2, 0.25) is 11.8 Å². The molecule has 1 saturated heterocycles. The normalized spacial score (nSPS) is 16.7. The van der Waals surface area contributed by atoms with Gasteiger partial charge in [-0.05, 0) is 25.9 Å². The summed E-state index contributed by atoms with van der Waals surface area (Å²) >= 11 is 0. The Morgan fingerprint density at radius 3 is 2.65 bits per heavy atom.